The van der Waals surface area contributed by atoms with Crippen molar-refractivity contribution >= 4 is 12.0 Å². The summed E-state index contributed by atoms with van der Waals surface area (Å²) in [4.78, 5) is 23.8. The molecular weight excluding hydrogens is 256 g/mol. The van der Waals surface area contributed by atoms with Crippen molar-refractivity contribution in [3.05, 3.63) is 0 Å². The second kappa shape index (κ2) is 8.12. The van der Waals surface area contributed by atoms with E-state index in [1.54, 1.807) is 0 Å². The lowest BCUT2D eigenvalue weighted by Crippen LogP contribution is -2.53. The predicted octanol–water partition coefficient (Wildman–Crippen LogP) is 2.45. The summed E-state index contributed by atoms with van der Waals surface area (Å²) in [6.07, 6.45) is 5.36. The first-order chi connectivity index (χ1) is 9.49. The van der Waals surface area contributed by atoms with Gasteiger partial charge >= 0.3 is 12.0 Å². The van der Waals surface area contributed by atoms with Crippen LogP contribution in [0.4, 0.5) is 4.79 Å². The largest absolute Gasteiger partial charge is 0.467 e. The summed E-state index contributed by atoms with van der Waals surface area (Å²) in [5, 5.41) is 5.76. The van der Waals surface area contributed by atoms with Gasteiger partial charge in [0.15, 0.2) is 0 Å². The second-order valence-electron chi connectivity index (χ2n) is 5.87. The van der Waals surface area contributed by atoms with Crippen molar-refractivity contribution in [1.29, 1.82) is 0 Å². The number of hydrogen-bond acceptors (Lipinski definition) is 3. The first-order valence-corrected chi connectivity index (χ1v) is 7.64. The molecule has 1 aliphatic carbocycles. The summed E-state index contributed by atoms with van der Waals surface area (Å²) in [6.45, 7) is 6.09. The van der Waals surface area contributed by atoms with E-state index in [-0.39, 0.29) is 24.0 Å². The molecule has 0 radical (unpaired) electrons. The maximum absolute atomic E-state index is 12.1. The quantitative estimate of drug-likeness (QED) is 0.762. The number of nitrogens with one attached hydrogen (secondary N) is 2. The Kier molecular flexibility index (Phi) is 6.82. The van der Waals surface area contributed by atoms with Crippen LogP contribution in [0.5, 0.6) is 0 Å². The van der Waals surface area contributed by atoms with Crippen molar-refractivity contribution in [3.63, 3.8) is 0 Å². The fraction of sp³-hybridized carbons (Fsp3) is 0.867. The van der Waals surface area contributed by atoms with Gasteiger partial charge in [-0.05, 0) is 24.7 Å². The van der Waals surface area contributed by atoms with Crippen LogP contribution in [-0.2, 0) is 9.53 Å². The molecule has 1 aliphatic rings. The van der Waals surface area contributed by atoms with Gasteiger partial charge in [-0.3, -0.25) is 0 Å². The van der Waals surface area contributed by atoms with E-state index < -0.39 is 6.04 Å². The molecule has 5 nitrogen and oxygen atoms in total. The molecule has 5 heteroatoms. The molecule has 0 heterocycles. The number of carbonyl (C=O) groups excluding carboxylic acids is 2. The zero-order chi connectivity index (χ0) is 15.1. The number of ether oxygens (including phenoxy) is 1. The zero-order valence-electron chi connectivity index (χ0n) is 13.1. The minimum absolute atomic E-state index is 0.0528. The third-order valence-electron chi connectivity index (χ3n) is 4.38. The zero-order valence-corrected chi connectivity index (χ0v) is 13.1. The molecular formula is C15H28N2O3. The standard InChI is InChI=1S/C15H28N2O3/c1-5-10(2)13(14(18)20-4)17-15(19)16-12-9-7-6-8-11(12)3/h10-13H,5-9H2,1-4H3,(H2,16,17,19). The summed E-state index contributed by atoms with van der Waals surface area (Å²) in [7, 11) is 1.35. The molecule has 2 N–H and O–H groups in total. The Morgan fingerprint density at radius 3 is 2.50 bits per heavy atom. The van der Waals surface area contributed by atoms with Gasteiger partial charge in [0.2, 0.25) is 0 Å². The third-order valence-corrected chi connectivity index (χ3v) is 4.38. The molecule has 0 bridgehead atoms. The monoisotopic (exact) mass is 284 g/mol. The molecule has 116 valence electrons. The van der Waals surface area contributed by atoms with E-state index in [9.17, 15) is 9.59 Å². The van der Waals surface area contributed by atoms with Gasteiger partial charge < -0.3 is 15.4 Å². The van der Waals surface area contributed by atoms with Crippen LogP contribution in [0.25, 0.3) is 0 Å². The number of urea groups is 1. The highest BCUT2D eigenvalue weighted by Gasteiger charge is 2.28. The Morgan fingerprint density at radius 1 is 1.30 bits per heavy atom. The predicted molar refractivity (Wildman–Crippen MR) is 78.3 cm³/mol. The Morgan fingerprint density at radius 2 is 1.95 bits per heavy atom. The molecule has 0 saturated heterocycles. The highest BCUT2D eigenvalue weighted by Crippen LogP contribution is 2.23. The Labute approximate surface area is 121 Å². The van der Waals surface area contributed by atoms with Crippen LogP contribution in [0.2, 0.25) is 0 Å². The first-order valence-electron chi connectivity index (χ1n) is 7.64. The van der Waals surface area contributed by atoms with Crippen molar-refractivity contribution in [2.45, 2.75) is 65.0 Å². The van der Waals surface area contributed by atoms with Crippen LogP contribution in [0, 0.1) is 11.8 Å². The summed E-state index contributed by atoms with van der Waals surface area (Å²) >= 11 is 0. The van der Waals surface area contributed by atoms with Crippen LogP contribution in [0.3, 0.4) is 0 Å². The number of hydrogen-bond donors (Lipinski definition) is 2. The minimum atomic E-state index is -0.580. The van der Waals surface area contributed by atoms with Crippen molar-refractivity contribution in [3.8, 4) is 0 Å². The number of rotatable bonds is 5. The molecule has 20 heavy (non-hydrogen) atoms. The summed E-state index contributed by atoms with van der Waals surface area (Å²) in [5.74, 6) is 0.165. The van der Waals surface area contributed by atoms with Gasteiger partial charge in [0.1, 0.15) is 6.04 Å². The molecule has 0 spiro atoms. The lowest BCUT2D eigenvalue weighted by molar-refractivity contribution is -0.144. The Bertz CT molecular complexity index is 333. The second-order valence-corrected chi connectivity index (χ2v) is 5.87. The topological polar surface area (TPSA) is 67.4 Å². The third kappa shape index (κ3) is 4.69. The van der Waals surface area contributed by atoms with Crippen LogP contribution in [0.1, 0.15) is 52.9 Å². The average Bonchev–Trinajstić information content (AvgIpc) is 2.45. The highest BCUT2D eigenvalue weighted by atomic mass is 16.5. The Hall–Kier alpha value is -1.26. The molecule has 2 amide bonds. The van der Waals surface area contributed by atoms with Crippen molar-refractivity contribution in [2.75, 3.05) is 7.11 Å². The van der Waals surface area contributed by atoms with Crippen LogP contribution in [-0.4, -0.2) is 31.2 Å². The van der Waals surface area contributed by atoms with Gasteiger partial charge in [-0.25, -0.2) is 9.59 Å². The molecule has 4 atom stereocenters. The number of amides is 2. The van der Waals surface area contributed by atoms with E-state index in [2.05, 4.69) is 17.6 Å². The van der Waals surface area contributed by atoms with Crippen molar-refractivity contribution < 1.29 is 14.3 Å². The van der Waals surface area contributed by atoms with Crippen LogP contribution in [0.15, 0.2) is 0 Å². The molecule has 0 aromatic rings. The van der Waals surface area contributed by atoms with Gasteiger partial charge in [-0.15, -0.1) is 0 Å². The summed E-state index contributed by atoms with van der Waals surface area (Å²) in [5.41, 5.74) is 0. The maximum atomic E-state index is 12.1. The van der Waals surface area contributed by atoms with Crippen LogP contribution >= 0.6 is 0 Å². The SMILES string of the molecule is CCC(C)C(NC(=O)NC1CCCCC1C)C(=O)OC. The van der Waals surface area contributed by atoms with Crippen molar-refractivity contribution in [1.82, 2.24) is 10.6 Å². The van der Waals surface area contributed by atoms with E-state index in [1.807, 2.05) is 13.8 Å². The molecule has 4 unspecified atom stereocenters. The van der Waals surface area contributed by atoms with E-state index in [0.29, 0.717) is 5.92 Å². The smallest absolute Gasteiger partial charge is 0.328 e. The van der Waals surface area contributed by atoms with Gasteiger partial charge in [0.05, 0.1) is 7.11 Å². The van der Waals surface area contributed by atoms with E-state index in [4.69, 9.17) is 4.74 Å². The van der Waals surface area contributed by atoms with Gasteiger partial charge in [-0.2, -0.15) is 0 Å². The maximum Gasteiger partial charge on any atom is 0.328 e. The van der Waals surface area contributed by atoms with Crippen molar-refractivity contribution in [2.24, 2.45) is 11.8 Å². The first kappa shape index (κ1) is 16.8. The number of methoxy groups -OCH3 is 1. The van der Waals surface area contributed by atoms with E-state index in [0.717, 1.165) is 25.7 Å². The average molecular weight is 284 g/mol. The Balaban J connectivity index is 2.54. The summed E-state index contributed by atoms with van der Waals surface area (Å²) < 4.78 is 4.77. The molecule has 0 aromatic carbocycles. The van der Waals surface area contributed by atoms with Gasteiger partial charge in [0.25, 0.3) is 0 Å². The number of carbonyl (C=O) groups is 2. The lowest BCUT2D eigenvalue weighted by Gasteiger charge is -2.30. The van der Waals surface area contributed by atoms with Crippen LogP contribution < -0.4 is 10.6 Å². The normalized spacial score (nSPS) is 25.4. The molecule has 1 rings (SSSR count). The molecule has 0 aromatic heterocycles. The number of esters is 1. The molecule has 1 saturated carbocycles. The molecule has 0 aliphatic heterocycles. The van der Waals surface area contributed by atoms with E-state index >= 15 is 0 Å². The lowest BCUT2D eigenvalue weighted by atomic mass is 9.86. The van der Waals surface area contributed by atoms with Gasteiger partial charge in [0, 0.05) is 6.04 Å². The van der Waals surface area contributed by atoms with Gasteiger partial charge in [-0.1, -0.05) is 40.0 Å². The summed E-state index contributed by atoms with van der Waals surface area (Å²) in [6, 6.07) is -0.637. The fourth-order valence-corrected chi connectivity index (χ4v) is 2.68. The fourth-order valence-electron chi connectivity index (χ4n) is 2.68. The highest BCUT2D eigenvalue weighted by molar-refractivity contribution is 5.83. The molecule has 1 fully saturated rings. The minimum Gasteiger partial charge on any atom is -0.467 e. The van der Waals surface area contributed by atoms with E-state index in [1.165, 1.54) is 13.5 Å².